The average Bonchev–Trinajstić information content (AvgIpc) is 2.86. The summed E-state index contributed by atoms with van der Waals surface area (Å²) in [6.07, 6.45) is -0.865. The summed E-state index contributed by atoms with van der Waals surface area (Å²) in [5.74, 6) is -1.50. The molecule has 8 heteroatoms. The number of carbonyl (C=O) groups is 1. The van der Waals surface area contributed by atoms with E-state index in [4.69, 9.17) is 0 Å². The number of aryl methyl sites for hydroxylation is 1. The first-order valence-electron chi connectivity index (χ1n) is 6.89. The third-order valence-corrected chi connectivity index (χ3v) is 4.00. The van der Waals surface area contributed by atoms with Crippen molar-refractivity contribution in [3.8, 4) is 0 Å². The molecule has 5 nitrogen and oxygen atoms in total. The molecule has 21 heavy (non-hydrogen) atoms. The second kappa shape index (κ2) is 5.65. The highest BCUT2D eigenvalue weighted by Gasteiger charge is 2.51. The molecule has 1 saturated heterocycles. The summed E-state index contributed by atoms with van der Waals surface area (Å²) >= 11 is 0. The highest BCUT2D eigenvalue weighted by Crippen LogP contribution is 2.45. The standard InChI is InChI=1S/C13H19F3N4O/c1-12(2)9-19(6-3-10(12)13(14,15)16)11(21)4-7-20-8-5-17-18-20/h5,8,10H,3-4,6-7,9H2,1-2H3/t10-/m1/s1. The van der Waals surface area contributed by atoms with E-state index in [1.165, 1.54) is 15.8 Å². The molecular weight excluding hydrogens is 285 g/mol. The Bertz CT molecular complexity index is 484. The van der Waals surface area contributed by atoms with E-state index in [9.17, 15) is 18.0 Å². The van der Waals surface area contributed by atoms with Crippen molar-refractivity contribution in [1.82, 2.24) is 19.9 Å². The Kier molecular flexibility index (Phi) is 4.25. The summed E-state index contributed by atoms with van der Waals surface area (Å²) in [5.41, 5.74) is -0.959. The first-order valence-corrected chi connectivity index (χ1v) is 6.89. The second-order valence-corrected chi connectivity index (χ2v) is 6.10. The van der Waals surface area contributed by atoms with Crippen molar-refractivity contribution >= 4 is 5.91 Å². The molecule has 0 N–H and O–H groups in total. The van der Waals surface area contributed by atoms with Gasteiger partial charge in [-0.25, -0.2) is 0 Å². The second-order valence-electron chi connectivity index (χ2n) is 6.10. The molecule has 1 atom stereocenters. The normalized spacial score (nSPS) is 22.3. The van der Waals surface area contributed by atoms with Crippen molar-refractivity contribution in [2.45, 2.75) is 39.4 Å². The van der Waals surface area contributed by atoms with Crippen LogP contribution in [0.1, 0.15) is 26.7 Å². The Balaban J connectivity index is 1.93. The molecule has 1 aromatic heterocycles. The monoisotopic (exact) mass is 304 g/mol. The molecule has 118 valence electrons. The molecule has 0 aliphatic carbocycles. The average molecular weight is 304 g/mol. The van der Waals surface area contributed by atoms with Gasteiger partial charge in [-0.3, -0.25) is 9.48 Å². The van der Waals surface area contributed by atoms with Gasteiger partial charge in [0.1, 0.15) is 0 Å². The largest absolute Gasteiger partial charge is 0.392 e. The molecule has 2 rings (SSSR count). The minimum absolute atomic E-state index is 0.0361. The van der Waals surface area contributed by atoms with E-state index >= 15 is 0 Å². The fourth-order valence-corrected chi connectivity index (χ4v) is 2.90. The van der Waals surface area contributed by atoms with Crippen LogP contribution in [0.5, 0.6) is 0 Å². The number of likely N-dealkylation sites (tertiary alicyclic amines) is 1. The van der Waals surface area contributed by atoms with Crippen molar-refractivity contribution in [1.29, 1.82) is 0 Å². The zero-order valence-corrected chi connectivity index (χ0v) is 12.1. The van der Waals surface area contributed by atoms with Crippen LogP contribution in [0.15, 0.2) is 12.4 Å². The van der Waals surface area contributed by atoms with Crippen LogP contribution in [0.2, 0.25) is 0 Å². The van der Waals surface area contributed by atoms with Crippen LogP contribution in [-0.2, 0) is 11.3 Å². The van der Waals surface area contributed by atoms with E-state index < -0.39 is 17.5 Å². The van der Waals surface area contributed by atoms with Crippen LogP contribution in [0, 0.1) is 11.3 Å². The molecule has 1 fully saturated rings. The highest BCUT2D eigenvalue weighted by atomic mass is 19.4. The molecule has 1 aromatic rings. The molecule has 0 unspecified atom stereocenters. The fraction of sp³-hybridized carbons (Fsp3) is 0.769. The number of carbonyl (C=O) groups excluding carboxylic acids is 1. The number of piperidine rings is 1. The van der Waals surface area contributed by atoms with Gasteiger partial charge in [0.15, 0.2) is 0 Å². The maximum atomic E-state index is 13.0. The predicted octanol–water partition coefficient (Wildman–Crippen LogP) is 2.11. The van der Waals surface area contributed by atoms with Crippen molar-refractivity contribution < 1.29 is 18.0 Å². The van der Waals surface area contributed by atoms with Crippen molar-refractivity contribution in [2.24, 2.45) is 11.3 Å². The van der Waals surface area contributed by atoms with Crippen LogP contribution in [0.25, 0.3) is 0 Å². The van der Waals surface area contributed by atoms with Crippen LogP contribution in [0.4, 0.5) is 13.2 Å². The van der Waals surface area contributed by atoms with Gasteiger partial charge in [-0.2, -0.15) is 13.2 Å². The van der Waals surface area contributed by atoms with Crippen LogP contribution in [-0.4, -0.2) is 45.1 Å². The van der Waals surface area contributed by atoms with Crippen molar-refractivity contribution in [2.75, 3.05) is 13.1 Å². The van der Waals surface area contributed by atoms with Crippen LogP contribution < -0.4 is 0 Å². The number of alkyl halides is 3. The van der Waals surface area contributed by atoms with Gasteiger partial charge < -0.3 is 4.90 Å². The Morgan fingerprint density at radius 2 is 2.14 bits per heavy atom. The van der Waals surface area contributed by atoms with Gasteiger partial charge in [-0.05, 0) is 11.8 Å². The van der Waals surface area contributed by atoms with Gasteiger partial charge in [-0.1, -0.05) is 19.1 Å². The molecule has 0 bridgehead atoms. The molecule has 0 aromatic carbocycles. The summed E-state index contributed by atoms with van der Waals surface area (Å²) < 4.78 is 40.5. The van der Waals surface area contributed by atoms with Crippen LogP contribution >= 0.6 is 0 Å². The summed E-state index contributed by atoms with van der Waals surface area (Å²) in [5, 5.41) is 7.39. The molecular formula is C13H19F3N4O. The number of amides is 1. The zero-order valence-electron chi connectivity index (χ0n) is 12.1. The third kappa shape index (κ3) is 3.74. The molecule has 1 aliphatic heterocycles. The molecule has 0 spiro atoms. The smallest absolute Gasteiger partial charge is 0.342 e. The lowest BCUT2D eigenvalue weighted by Crippen LogP contribution is -2.52. The number of nitrogens with zero attached hydrogens (tertiary/aromatic N) is 4. The lowest BCUT2D eigenvalue weighted by molar-refractivity contribution is -0.217. The van der Waals surface area contributed by atoms with Gasteiger partial charge in [0.05, 0.1) is 18.7 Å². The Labute approximate surface area is 121 Å². The molecule has 2 heterocycles. The molecule has 0 radical (unpaired) electrons. The summed E-state index contributed by atoms with van der Waals surface area (Å²) in [6, 6.07) is 0. The summed E-state index contributed by atoms with van der Waals surface area (Å²) in [4.78, 5) is 13.6. The minimum Gasteiger partial charge on any atom is -0.342 e. The molecule has 1 aliphatic rings. The van der Waals surface area contributed by atoms with E-state index in [0.717, 1.165) is 0 Å². The van der Waals surface area contributed by atoms with Crippen molar-refractivity contribution in [3.63, 3.8) is 0 Å². The Morgan fingerprint density at radius 1 is 1.43 bits per heavy atom. The zero-order chi connectivity index (χ0) is 15.7. The Morgan fingerprint density at radius 3 is 2.67 bits per heavy atom. The summed E-state index contributed by atoms with van der Waals surface area (Å²) in [6.45, 7) is 3.82. The number of hydrogen-bond acceptors (Lipinski definition) is 3. The van der Waals surface area contributed by atoms with Crippen molar-refractivity contribution in [3.05, 3.63) is 12.4 Å². The lowest BCUT2D eigenvalue weighted by atomic mass is 9.73. The summed E-state index contributed by atoms with van der Waals surface area (Å²) in [7, 11) is 0. The maximum Gasteiger partial charge on any atom is 0.392 e. The highest BCUT2D eigenvalue weighted by molar-refractivity contribution is 5.76. The first kappa shape index (κ1) is 15.8. The van der Waals surface area contributed by atoms with E-state index in [2.05, 4.69) is 10.3 Å². The quantitative estimate of drug-likeness (QED) is 0.859. The van der Waals surface area contributed by atoms with Gasteiger partial charge in [0, 0.05) is 25.7 Å². The number of rotatable bonds is 3. The SMILES string of the molecule is CC1(C)CN(C(=O)CCn2ccnn2)CC[C@H]1C(F)(F)F. The number of halogens is 3. The van der Waals surface area contributed by atoms with E-state index in [-0.39, 0.29) is 31.8 Å². The number of aromatic nitrogens is 3. The number of hydrogen-bond donors (Lipinski definition) is 0. The third-order valence-electron chi connectivity index (χ3n) is 4.00. The predicted molar refractivity (Wildman–Crippen MR) is 69.2 cm³/mol. The van der Waals surface area contributed by atoms with Gasteiger partial charge >= 0.3 is 6.18 Å². The van der Waals surface area contributed by atoms with E-state index in [1.54, 1.807) is 20.0 Å². The topological polar surface area (TPSA) is 51.0 Å². The lowest BCUT2D eigenvalue weighted by Gasteiger charge is -2.44. The first-order chi connectivity index (χ1) is 9.70. The van der Waals surface area contributed by atoms with E-state index in [0.29, 0.717) is 6.54 Å². The minimum atomic E-state index is -4.21. The van der Waals surface area contributed by atoms with Gasteiger partial charge in [-0.15, -0.1) is 5.10 Å². The Hall–Kier alpha value is -1.60. The fourth-order valence-electron chi connectivity index (χ4n) is 2.90. The molecule has 1 amide bonds. The van der Waals surface area contributed by atoms with Gasteiger partial charge in [0.25, 0.3) is 0 Å². The van der Waals surface area contributed by atoms with E-state index in [1.807, 2.05) is 0 Å². The molecule has 0 saturated carbocycles. The maximum absolute atomic E-state index is 13.0. The van der Waals surface area contributed by atoms with Crippen LogP contribution in [0.3, 0.4) is 0 Å². The van der Waals surface area contributed by atoms with Gasteiger partial charge in [0.2, 0.25) is 5.91 Å².